The highest BCUT2D eigenvalue weighted by molar-refractivity contribution is 5.81. The molecular weight excluding hydrogens is 258 g/mol. The van der Waals surface area contributed by atoms with Gasteiger partial charge in [0.15, 0.2) is 0 Å². The topological polar surface area (TPSA) is 16.4 Å². The van der Waals surface area contributed by atoms with Crippen LogP contribution in [0.2, 0.25) is 0 Å². The van der Waals surface area contributed by atoms with Crippen LogP contribution < -0.4 is 0 Å². The number of hydrogen-bond acceptors (Lipinski definition) is 2. The molecule has 0 spiro atoms. The van der Waals surface area contributed by atoms with Gasteiger partial charge in [0.2, 0.25) is 0 Å². The Bertz CT molecular complexity index is 563. The van der Waals surface area contributed by atoms with Gasteiger partial charge in [0.25, 0.3) is 0 Å². The molecule has 1 saturated heterocycles. The Hall–Kier alpha value is -1.80. The van der Waals surface area contributed by atoms with Crippen LogP contribution in [0.1, 0.15) is 31.1 Å². The van der Waals surface area contributed by atoms with Crippen molar-refractivity contribution >= 4 is 11.6 Å². The van der Waals surface area contributed by atoms with Gasteiger partial charge < -0.3 is 4.42 Å². The fourth-order valence-electron chi connectivity index (χ4n) is 2.88. The van der Waals surface area contributed by atoms with Crippen LogP contribution >= 0.6 is 0 Å². The number of nitrogens with zero attached hydrogens (tertiary/aromatic N) is 1. The number of likely N-dealkylation sites (tertiary alicyclic amines) is 1. The Morgan fingerprint density at radius 3 is 2.57 bits per heavy atom. The van der Waals surface area contributed by atoms with Gasteiger partial charge >= 0.3 is 0 Å². The Morgan fingerprint density at radius 2 is 1.90 bits per heavy atom. The SMILES string of the molecule is CC1CCN(C/C(=C/c2ccco2)c2ccccc2)CC1. The van der Waals surface area contributed by atoms with Gasteiger partial charge in [0.1, 0.15) is 5.76 Å². The average molecular weight is 281 g/mol. The zero-order valence-corrected chi connectivity index (χ0v) is 12.7. The Kier molecular flexibility index (Phi) is 4.56. The molecule has 0 N–H and O–H groups in total. The Labute approximate surface area is 127 Å². The van der Waals surface area contributed by atoms with Crippen molar-refractivity contribution in [3.05, 3.63) is 60.1 Å². The second-order valence-electron chi connectivity index (χ2n) is 6.01. The third-order valence-corrected chi connectivity index (χ3v) is 4.27. The first kappa shape index (κ1) is 14.2. The number of benzene rings is 1. The molecule has 1 aromatic heterocycles. The first-order valence-electron chi connectivity index (χ1n) is 7.83. The highest BCUT2D eigenvalue weighted by Gasteiger charge is 2.17. The van der Waals surface area contributed by atoms with Crippen molar-refractivity contribution in [2.45, 2.75) is 19.8 Å². The maximum absolute atomic E-state index is 5.50. The highest BCUT2D eigenvalue weighted by Crippen LogP contribution is 2.23. The average Bonchev–Trinajstić information content (AvgIpc) is 3.03. The van der Waals surface area contributed by atoms with E-state index in [4.69, 9.17) is 4.42 Å². The van der Waals surface area contributed by atoms with Gasteiger partial charge in [-0.15, -0.1) is 0 Å². The zero-order chi connectivity index (χ0) is 14.5. The van der Waals surface area contributed by atoms with Crippen LogP contribution in [0.3, 0.4) is 0 Å². The summed E-state index contributed by atoms with van der Waals surface area (Å²) in [5.74, 6) is 1.80. The summed E-state index contributed by atoms with van der Waals surface area (Å²) in [5, 5.41) is 0. The van der Waals surface area contributed by atoms with E-state index in [2.05, 4.69) is 48.2 Å². The molecule has 0 radical (unpaired) electrons. The first-order chi connectivity index (χ1) is 10.3. The fraction of sp³-hybridized carbons (Fsp3) is 0.368. The molecule has 2 heterocycles. The Balaban J connectivity index is 1.80. The normalized spacial score (nSPS) is 18.0. The number of piperidine rings is 1. The molecule has 2 aromatic rings. The van der Waals surface area contributed by atoms with Gasteiger partial charge in [-0.3, -0.25) is 4.90 Å². The summed E-state index contributed by atoms with van der Waals surface area (Å²) in [5.41, 5.74) is 2.62. The van der Waals surface area contributed by atoms with Gasteiger partial charge in [-0.2, -0.15) is 0 Å². The van der Waals surface area contributed by atoms with Crippen LogP contribution in [0.25, 0.3) is 11.6 Å². The van der Waals surface area contributed by atoms with Crippen LogP contribution in [0.15, 0.2) is 53.1 Å². The minimum absolute atomic E-state index is 0.871. The summed E-state index contributed by atoms with van der Waals surface area (Å²) in [4.78, 5) is 2.56. The lowest BCUT2D eigenvalue weighted by Crippen LogP contribution is -2.34. The maximum Gasteiger partial charge on any atom is 0.126 e. The van der Waals surface area contributed by atoms with Crippen LogP contribution in [0.4, 0.5) is 0 Å². The van der Waals surface area contributed by atoms with Crippen molar-refractivity contribution in [2.24, 2.45) is 5.92 Å². The molecule has 0 aliphatic carbocycles. The molecule has 1 aliphatic rings. The van der Waals surface area contributed by atoms with E-state index in [9.17, 15) is 0 Å². The third-order valence-electron chi connectivity index (χ3n) is 4.27. The number of furan rings is 1. The van der Waals surface area contributed by atoms with Crippen LogP contribution in [-0.4, -0.2) is 24.5 Å². The fourth-order valence-corrected chi connectivity index (χ4v) is 2.88. The van der Waals surface area contributed by atoms with E-state index in [1.54, 1.807) is 6.26 Å². The van der Waals surface area contributed by atoms with Gasteiger partial charge in [-0.1, -0.05) is 37.3 Å². The van der Waals surface area contributed by atoms with E-state index in [0.717, 1.165) is 18.2 Å². The molecule has 1 aromatic carbocycles. The van der Waals surface area contributed by atoms with E-state index in [-0.39, 0.29) is 0 Å². The molecule has 0 unspecified atom stereocenters. The molecule has 1 aliphatic heterocycles. The molecule has 110 valence electrons. The standard InChI is InChI=1S/C19H23NO/c1-16-9-11-20(12-10-16)15-18(14-19-8-5-13-21-19)17-6-3-2-4-7-17/h2-8,13-14,16H,9-12,15H2,1H3/b18-14-. The predicted molar refractivity (Wildman–Crippen MR) is 87.9 cm³/mol. The van der Waals surface area contributed by atoms with Crippen molar-refractivity contribution in [3.63, 3.8) is 0 Å². The molecule has 0 atom stereocenters. The summed E-state index contributed by atoms with van der Waals surface area (Å²) < 4.78 is 5.50. The molecule has 2 heteroatoms. The highest BCUT2D eigenvalue weighted by atomic mass is 16.3. The zero-order valence-electron chi connectivity index (χ0n) is 12.7. The van der Waals surface area contributed by atoms with E-state index in [0.29, 0.717) is 0 Å². The lowest BCUT2D eigenvalue weighted by Gasteiger charge is -2.31. The minimum Gasteiger partial charge on any atom is -0.465 e. The quantitative estimate of drug-likeness (QED) is 0.817. The van der Waals surface area contributed by atoms with Crippen LogP contribution in [-0.2, 0) is 0 Å². The molecule has 0 saturated carbocycles. The van der Waals surface area contributed by atoms with E-state index >= 15 is 0 Å². The maximum atomic E-state index is 5.50. The van der Waals surface area contributed by atoms with Crippen molar-refractivity contribution in [3.8, 4) is 0 Å². The van der Waals surface area contributed by atoms with Crippen LogP contribution in [0, 0.1) is 5.92 Å². The van der Waals surface area contributed by atoms with E-state index in [1.807, 2.05) is 12.1 Å². The first-order valence-corrected chi connectivity index (χ1v) is 7.83. The molecule has 0 bridgehead atoms. The second-order valence-corrected chi connectivity index (χ2v) is 6.01. The van der Waals surface area contributed by atoms with Gasteiger partial charge in [0, 0.05) is 6.54 Å². The molecular formula is C19H23NO. The lowest BCUT2D eigenvalue weighted by atomic mass is 9.97. The van der Waals surface area contributed by atoms with Crippen LogP contribution in [0.5, 0.6) is 0 Å². The lowest BCUT2D eigenvalue weighted by molar-refractivity contribution is 0.213. The van der Waals surface area contributed by atoms with Crippen molar-refractivity contribution < 1.29 is 4.42 Å². The predicted octanol–water partition coefficient (Wildman–Crippen LogP) is 4.55. The monoisotopic (exact) mass is 281 g/mol. The van der Waals surface area contributed by atoms with Crippen molar-refractivity contribution in [2.75, 3.05) is 19.6 Å². The molecule has 1 fully saturated rings. The summed E-state index contributed by atoms with van der Waals surface area (Å²) in [6.45, 7) is 5.75. The molecule has 21 heavy (non-hydrogen) atoms. The van der Waals surface area contributed by atoms with Gasteiger partial charge in [-0.25, -0.2) is 0 Å². The van der Waals surface area contributed by atoms with Gasteiger partial charge in [0.05, 0.1) is 6.26 Å². The summed E-state index contributed by atoms with van der Waals surface area (Å²) in [7, 11) is 0. The van der Waals surface area contributed by atoms with Crippen molar-refractivity contribution in [1.29, 1.82) is 0 Å². The van der Waals surface area contributed by atoms with E-state index < -0.39 is 0 Å². The van der Waals surface area contributed by atoms with E-state index in [1.165, 1.54) is 37.1 Å². The Morgan fingerprint density at radius 1 is 1.14 bits per heavy atom. The second kappa shape index (κ2) is 6.77. The molecule has 3 rings (SSSR count). The summed E-state index contributed by atoms with van der Waals surface area (Å²) in [6.07, 6.45) is 6.52. The molecule has 2 nitrogen and oxygen atoms in total. The smallest absolute Gasteiger partial charge is 0.126 e. The summed E-state index contributed by atoms with van der Waals surface area (Å²) in [6, 6.07) is 14.6. The molecule has 0 amide bonds. The van der Waals surface area contributed by atoms with Crippen molar-refractivity contribution in [1.82, 2.24) is 4.90 Å². The summed E-state index contributed by atoms with van der Waals surface area (Å²) >= 11 is 0. The van der Waals surface area contributed by atoms with Gasteiger partial charge in [-0.05, 0) is 61.2 Å². The minimum atomic E-state index is 0.871. The number of rotatable bonds is 4. The number of hydrogen-bond donors (Lipinski definition) is 0. The third kappa shape index (κ3) is 3.85. The largest absolute Gasteiger partial charge is 0.465 e.